The Morgan fingerprint density at radius 1 is 1.59 bits per heavy atom. The fourth-order valence-electron chi connectivity index (χ4n) is 1.01. The van der Waals surface area contributed by atoms with Gasteiger partial charge in [-0.05, 0) is 11.6 Å². The second-order valence-electron chi connectivity index (χ2n) is 3.11. The van der Waals surface area contributed by atoms with E-state index in [1.165, 1.54) is 0 Å². The van der Waals surface area contributed by atoms with Gasteiger partial charge in [-0.1, -0.05) is 17.7 Å². The monoisotopic (exact) mass is 370 g/mol. The topological polar surface area (TPSA) is 72.5 Å². The molecule has 3 N–H and O–H groups in total. The molecule has 1 aromatic heterocycles. The number of guanidine groups is 1. The number of pyridine rings is 1. The van der Waals surface area contributed by atoms with Gasteiger partial charge in [0.25, 0.3) is 0 Å². The predicted octanol–water partition coefficient (Wildman–Crippen LogP) is 1.40. The van der Waals surface area contributed by atoms with Crippen molar-refractivity contribution < 1.29 is 4.74 Å². The van der Waals surface area contributed by atoms with Gasteiger partial charge in [0, 0.05) is 19.9 Å². The zero-order valence-electron chi connectivity index (χ0n) is 9.52. The molecule has 0 aliphatic carbocycles. The van der Waals surface area contributed by atoms with Crippen molar-refractivity contribution in [1.29, 1.82) is 0 Å². The second-order valence-corrected chi connectivity index (χ2v) is 3.50. The summed E-state index contributed by atoms with van der Waals surface area (Å²) in [7, 11) is 1.63. The van der Waals surface area contributed by atoms with Crippen LogP contribution in [-0.2, 0) is 11.3 Å². The molecule has 0 saturated heterocycles. The molecule has 0 bridgehead atoms. The Morgan fingerprint density at radius 3 is 2.94 bits per heavy atom. The molecule has 0 spiro atoms. The summed E-state index contributed by atoms with van der Waals surface area (Å²) in [6.07, 6.45) is 1.67. The van der Waals surface area contributed by atoms with Crippen molar-refractivity contribution >= 4 is 41.5 Å². The van der Waals surface area contributed by atoms with Crippen LogP contribution in [0.5, 0.6) is 0 Å². The van der Waals surface area contributed by atoms with E-state index in [9.17, 15) is 0 Å². The number of rotatable bonds is 5. The minimum Gasteiger partial charge on any atom is -0.383 e. The first-order chi connectivity index (χ1) is 7.72. The van der Waals surface area contributed by atoms with E-state index in [1.54, 1.807) is 19.4 Å². The van der Waals surface area contributed by atoms with Crippen molar-refractivity contribution in [2.24, 2.45) is 10.7 Å². The minimum absolute atomic E-state index is 0. The van der Waals surface area contributed by atoms with E-state index in [2.05, 4.69) is 15.3 Å². The molecule has 0 amide bonds. The molecule has 96 valence electrons. The molecule has 0 fully saturated rings. The van der Waals surface area contributed by atoms with E-state index in [-0.39, 0.29) is 24.0 Å². The molecule has 1 aromatic rings. The van der Waals surface area contributed by atoms with Crippen LogP contribution < -0.4 is 11.1 Å². The second kappa shape index (κ2) is 9.43. The molecule has 0 aliphatic rings. The molecule has 5 nitrogen and oxygen atoms in total. The number of nitrogens with one attached hydrogen (secondary N) is 1. The average molecular weight is 371 g/mol. The highest BCUT2D eigenvalue weighted by Gasteiger charge is 1.94. The molecule has 0 aliphatic heterocycles. The van der Waals surface area contributed by atoms with Crippen LogP contribution in [0.3, 0.4) is 0 Å². The number of aliphatic imine (C=N–C) groups is 1. The zero-order valence-corrected chi connectivity index (χ0v) is 12.6. The van der Waals surface area contributed by atoms with E-state index in [4.69, 9.17) is 22.1 Å². The van der Waals surface area contributed by atoms with Crippen LogP contribution in [0.4, 0.5) is 0 Å². The zero-order chi connectivity index (χ0) is 11.8. The summed E-state index contributed by atoms with van der Waals surface area (Å²) in [6.45, 7) is 1.72. The molecule has 0 unspecified atom stereocenters. The number of methoxy groups -OCH3 is 1. The first kappa shape index (κ1) is 16.4. The van der Waals surface area contributed by atoms with Gasteiger partial charge in [0.1, 0.15) is 5.15 Å². The summed E-state index contributed by atoms with van der Waals surface area (Å²) in [6, 6.07) is 3.59. The van der Waals surface area contributed by atoms with Gasteiger partial charge in [0.2, 0.25) is 0 Å². The van der Waals surface area contributed by atoms with Gasteiger partial charge in [-0.25, -0.2) is 9.98 Å². The fourth-order valence-corrected chi connectivity index (χ4v) is 1.13. The Bertz CT molecular complexity index is 345. The number of hydrogen-bond donors (Lipinski definition) is 2. The minimum atomic E-state index is 0. The molecular weight excluding hydrogens is 354 g/mol. The first-order valence-electron chi connectivity index (χ1n) is 4.85. The third kappa shape index (κ3) is 7.35. The van der Waals surface area contributed by atoms with Gasteiger partial charge in [0.05, 0.1) is 13.2 Å². The summed E-state index contributed by atoms with van der Waals surface area (Å²) in [5, 5.41) is 3.39. The highest BCUT2D eigenvalue weighted by atomic mass is 127. The number of nitrogens with zero attached hydrogens (tertiary/aromatic N) is 2. The van der Waals surface area contributed by atoms with Crippen LogP contribution in [-0.4, -0.2) is 31.2 Å². The average Bonchev–Trinajstić information content (AvgIpc) is 2.29. The van der Waals surface area contributed by atoms with Crippen LogP contribution in [0.2, 0.25) is 5.15 Å². The SMILES string of the molecule is COCCNC(N)=NCc1ccc(Cl)nc1.I. The summed E-state index contributed by atoms with van der Waals surface area (Å²) in [5.41, 5.74) is 6.59. The molecule has 0 saturated carbocycles. The number of nitrogens with two attached hydrogens (primary N) is 1. The molecular formula is C10H16ClIN4O. The molecule has 1 heterocycles. The third-order valence-electron chi connectivity index (χ3n) is 1.83. The lowest BCUT2D eigenvalue weighted by molar-refractivity contribution is 0.204. The Kier molecular flexibility index (Phi) is 9.10. The molecule has 0 atom stereocenters. The van der Waals surface area contributed by atoms with Crippen molar-refractivity contribution in [2.45, 2.75) is 6.54 Å². The summed E-state index contributed by atoms with van der Waals surface area (Å²) < 4.78 is 4.87. The van der Waals surface area contributed by atoms with E-state index in [0.29, 0.717) is 30.8 Å². The van der Waals surface area contributed by atoms with Gasteiger partial charge in [-0.3, -0.25) is 0 Å². The highest BCUT2D eigenvalue weighted by molar-refractivity contribution is 14.0. The van der Waals surface area contributed by atoms with E-state index in [1.807, 2.05) is 6.07 Å². The van der Waals surface area contributed by atoms with Crippen molar-refractivity contribution in [3.8, 4) is 0 Å². The van der Waals surface area contributed by atoms with Gasteiger partial charge < -0.3 is 15.8 Å². The molecule has 0 radical (unpaired) electrons. The number of ether oxygens (including phenoxy) is 1. The number of aromatic nitrogens is 1. The van der Waals surface area contributed by atoms with Crippen LogP contribution in [0.15, 0.2) is 23.3 Å². The maximum absolute atomic E-state index is 5.66. The Labute approximate surface area is 123 Å². The van der Waals surface area contributed by atoms with Crippen molar-refractivity contribution in [3.05, 3.63) is 29.0 Å². The lowest BCUT2D eigenvalue weighted by atomic mass is 10.3. The summed E-state index contributed by atoms with van der Waals surface area (Å²) >= 11 is 5.66. The van der Waals surface area contributed by atoms with E-state index >= 15 is 0 Å². The largest absolute Gasteiger partial charge is 0.383 e. The van der Waals surface area contributed by atoms with Crippen molar-refractivity contribution in [2.75, 3.05) is 20.3 Å². The predicted molar refractivity (Wildman–Crippen MR) is 79.9 cm³/mol. The molecule has 1 rings (SSSR count). The number of hydrogen-bond acceptors (Lipinski definition) is 3. The molecule has 7 heteroatoms. The molecule has 0 aromatic carbocycles. The van der Waals surface area contributed by atoms with E-state index < -0.39 is 0 Å². The standard InChI is InChI=1S/C10H15ClN4O.HI/c1-16-5-4-13-10(12)15-7-8-2-3-9(11)14-6-8;/h2-3,6H,4-5,7H2,1H3,(H3,12,13,15);1H. The Hall–Kier alpha value is -0.600. The van der Waals surface area contributed by atoms with E-state index in [0.717, 1.165) is 5.56 Å². The summed E-state index contributed by atoms with van der Waals surface area (Å²) in [4.78, 5) is 8.09. The highest BCUT2D eigenvalue weighted by Crippen LogP contribution is 2.05. The number of halogens is 2. The van der Waals surface area contributed by atoms with Gasteiger partial charge >= 0.3 is 0 Å². The Morgan fingerprint density at radius 2 is 2.35 bits per heavy atom. The third-order valence-corrected chi connectivity index (χ3v) is 2.06. The van der Waals surface area contributed by atoms with Gasteiger partial charge in [-0.2, -0.15) is 0 Å². The lowest BCUT2D eigenvalue weighted by Gasteiger charge is -2.04. The normalized spacial score (nSPS) is 10.8. The van der Waals surface area contributed by atoms with Crippen LogP contribution in [0.25, 0.3) is 0 Å². The summed E-state index contributed by atoms with van der Waals surface area (Å²) in [5.74, 6) is 0.395. The van der Waals surface area contributed by atoms with Gasteiger partial charge in [-0.15, -0.1) is 24.0 Å². The quantitative estimate of drug-likeness (QED) is 0.270. The maximum Gasteiger partial charge on any atom is 0.188 e. The van der Waals surface area contributed by atoms with Crippen LogP contribution in [0.1, 0.15) is 5.56 Å². The maximum atomic E-state index is 5.66. The van der Waals surface area contributed by atoms with Gasteiger partial charge in [0.15, 0.2) is 5.96 Å². The Balaban J connectivity index is 0.00000256. The van der Waals surface area contributed by atoms with Crippen LogP contribution >= 0.6 is 35.6 Å². The van der Waals surface area contributed by atoms with Crippen molar-refractivity contribution in [3.63, 3.8) is 0 Å². The first-order valence-corrected chi connectivity index (χ1v) is 5.23. The smallest absolute Gasteiger partial charge is 0.188 e. The molecule has 17 heavy (non-hydrogen) atoms. The van der Waals surface area contributed by atoms with Crippen molar-refractivity contribution in [1.82, 2.24) is 10.3 Å². The van der Waals surface area contributed by atoms with Crippen LogP contribution in [0, 0.1) is 0 Å². The lowest BCUT2D eigenvalue weighted by Crippen LogP contribution is -2.34. The fraction of sp³-hybridized carbons (Fsp3) is 0.400.